The zero-order valence-electron chi connectivity index (χ0n) is 12.5. The number of benzene rings is 2. The minimum Gasteiger partial charge on any atom is -0.333 e. The van der Waals surface area contributed by atoms with Gasteiger partial charge in [-0.1, -0.05) is 35.0 Å². The largest absolute Gasteiger partial charge is 0.333 e. The second-order valence-corrected chi connectivity index (χ2v) is 8.39. The maximum Gasteiger partial charge on any atom is 0.286 e. The monoisotopic (exact) mass is 415 g/mol. The first-order valence-corrected chi connectivity index (χ1v) is 10.1. The molecule has 0 fully saturated rings. The predicted molar refractivity (Wildman–Crippen MR) is 102 cm³/mol. The molecule has 0 saturated carbocycles. The number of halogens is 2. The third kappa shape index (κ3) is 4.46. The molecule has 1 aliphatic rings. The molecule has 0 spiro atoms. The van der Waals surface area contributed by atoms with Crippen molar-refractivity contribution in [2.75, 3.05) is 16.4 Å². The summed E-state index contributed by atoms with van der Waals surface area (Å²) < 4.78 is 28.1. The first-order chi connectivity index (χ1) is 11.8. The molecule has 2 N–H and O–H groups in total. The number of carbonyl (C=O) groups excluding carboxylic acids is 1. The van der Waals surface area contributed by atoms with Gasteiger partial charge in [-0.25, -0.2) is 0 Å². The lowest BCUT2D eigenvalue weighted by molar-refractivity contribution is -0.113. The second kappa shape index (κ2) is 7.25. The van der Waals surface area contributed by atoms with Gasteiger partial charge in [-0.3, -0.25) is 4.79 Å². The van der Waals surface area contributed by atoms with Gasteiger partial charge in [0.2, 0.25) is 5.91 Å². The van der Waals surface area contributed by atoms with Crippen molar-refractivity contribution in [3.8, 4) is 0 Å². The quantitative estimate of drug-likeness (QED) is 0.794. The molecule has 0 bridgehead atoms. The maximum absolute atomic E-state index is 12.2. The van der Waals surface area contributed by atoms with Crippen LogP contribution in [0.5, 0.6) is 0 Å². The van der Waals surface area contributed by atoms with Crippen molar-refractivity contribution in [2.45, 2.75) is 4.90 Å². The number of hydrogen-bond donors (Lipinski definition) is 2. The van der Waals surface area contributed by atoms with Crippen LogP contribution < -0.4 is 10.6 Å². The molecule has 0 saturated heterocycles. The lowest BCUT2D eigenvalue weighted by Gasteiger charge is -2.17. The highest BCUT2D eigenvalue weighted by molar-refractivity contribution is 8.15. The lowest BCUT2D eigenvalue weighted by Crippen LogP contribution is -2.22. The third-order valence-corrected chi connectivity index (χ3v) is 5.93. The van der Waals surface area contributed by atoms with Crippen LogP contribution in [0.15, 0.2) is 51.8 Å². The molecular weight excluding hydrogens is 405 g/mol. The number of anilines is 2. The van der Waals surface area contributed by atoms with Crippen molar-refractivity contribution in [3.63, 3.8) is 0 Å². The molecule has 130 valence electrons. The normalized spacial score (nSPS) is 14.9. The molecule has 1 amide bonds. The van der Waals surface area contributed by atoms with Crippen molar-refractivity contribution in [1.82, 2.24) is 0 Å². The van der Waals surface area contributed by atoms with Crippen molar-refractivity contribution in [2.24, 2.45) is 4.40 Å². The zero-order valence-corrected chi connectivity index (χ0v) is 15.6. The van der Waals surface area contributed by atoms with Crippen molar-refractivity contribution < 1.29 is 13.2 Å². The Balaban J connectivity index is 1.66. The van der Waals surface area contributed by atoms with Crippen LogP contribution in [0.25, 0.3) is 0 Å². The Kier molecular flexibility index (Phi) is 5.24. The highest BCUT2D eigenvalue weighted by Crippen LogP contribution is 2.31. The summed E-state index contributed by atoms with van der Waals surface area (Å²) in [5.74, 6) is -0.302. The minimum absolute atomic E-state index is 0.00704. The summed E-state index contributed by atoms with van der Waals surface area (Å²) in [6.45, 7) is 0. The third-order valence-electron chi connectivity index (χ3n) is 3.13. The van der Waals surface area contributed by atoms with Gasteiger partial charge in [-0.05, 0) is 42.5 Å². The number of amides is 1. The zero-order chi connectivity index (χ0) is 18.0. The van der Waals surface area contributed by atoms with E-state index in [-0.39, 0.29) is 21.7 Å². The van der Waals surface area contributed by atoms with Crippen molar-refractivity contribution in [1.29, 1.82) is 0 Å². The molecule has 0 atom stereocenters. The van der Waals surface area contributed by atoms with Crippen LogP contribution in [-0.4, -0.2) is 25.2 Å². The van der Waals surface area contributed by atoms with Gasteiger partial charge in [0.15, 0.2) is 5.17 Å². The number of carbonyl (C=O) groups is 1. The van der Waals surface area contributed by atoms with Crippen LogP contribution >= 0.6 is 35.0 Å². The Morgan fingerprint density at radius 2 is 1.80 bits per heavy atom. The van der Waals surface area contributed by atoms with E-state index in [4.69, 9.17) is 23.2 Å². The Morgan fingerprint density at radius 3 is 2.52 bits per heavy atom. The molecule has 6 nitrogen and oxygen atoms in total. The topological polar surface area (TPSA) is 87.6 Å². The number of thioether (sulfide) groups is 1. The molecule has 25 heavy (non-hydrogen) atoms. The summed E-state index contributed by atoms with van der Waals surface area (Å²) in [5.41, 5.74) is 0.973. The van der Waals surface area contributed by atoms with Gasteiger partial charge in [0.05, 0.1) is 11.4 Å². The fourth-order valence-electron chi connectivity index (χ4n) is 2.04. The Hall–Kier alpha value is -1.74. The summed E-state index contributed by atoms with van der Waals surface area (Å²) in [6.07, 6.45) is 0. The van der Waals surface area contributed by atoms with Gasteiger partial charge >= 0.3 is 0 Å². The lowest BCUT2D eigenvalue weighted by atomic mass is 10.3. The van der Waals surface area contributed by atoms with E-state index in [9.17, 15) is 13.2 Å². The van der Waals surface area contributed by atoms with E-state index in [1.54, 1.807) is 36.4 Å². The number of sulfonamides is 1. The molecular formula is C15H11Cl2N3O3S2. The number of rotatable bonds is 3. The van der Waals surface area contributed by atoms with Gasteiger partial charge in [0.1, 0.15) is 4.90 Å². The molecule has 1 heterocycles. The first kappa shape index (κ1) is 18.1. The maximum atomic E-state index is 12.2. The summed E-state index contributed by atoms with van der Waals surface area (Å²) in [5, 5.41) is 6.57. The molecule has 2 aromatic carbocycles. The molecule has 3 rings (SSSR count). The van der Waals surface area contributed by atoms with Gasteiger partial charge in [-0.15, -0.1) is 4.40 Å². The van der Waals surface area contributed by atoms with E-state index < -0.39 is 10.0 Å². The van der Waals surface area contributed by atoms with E-state index in [1.165, 1.54) is 6.07 Å². The number of fused-ring (bicyclic) bond motifs is 1. The van der Waals surface area contributed by atoms with Crippen LogP contribution in [0.1, 0.15) is 0 Å². The molecule has 2 aromatic rings. The summed E-state index contributed by atoms with van der Waals surface area (Å²) in [4.78, 5) is 12.0. The summed E-state index contributed by atoms with van der Waals surface area (Å²) in [6, 6.07) is 11.1. The number of amidine groups is 1. The van der Waals surface area contributed by atoms with Crippen LogP contribution in [-0.2, 0) is 14.8 Å². The Morgan fingerprint density at radius 1 is 1.12 bits per heavy atom. The molecule has 0 aliphatic carbocycles. The fourth-order valence-corrected chi connectivity index (χ4v) is 4.46. The Labute approximate surface area is 158 Å². The summed E-state index contributed by atoms with van der Waals surface area (Å²) in [7, 11) is -3.85. The van der Waals surface area contributed by atoms with Gasteiger partial charge in [0.25, 0.3) is 10.0 Å². The van der Waals surface area contributed by atoms with Crippen LogP contribution in [0.2, 0.25) is 10.0 Å². The number of hydrogen-bond acceptors (Lipinski definition) is 5. The average molecular weight is 416 g/mol. The first-order valence-electron chi connectivity index (χ1n) is 6.93. The van der Waals surface area contributed by atoms with E-state index in [2.05, 4.69) is 15.0 Å². The van der Waals surface area contributed by atoms with E-state index >= 15 is 0 Å². The van der Waals surface area contributed by atoms with Crippen LogP contribution in [0.3, 0.4) is 0 Å². The standard InChI is InChI=1S/C15H11Cl2N3O3S2/c16-9-1-4-11(5-2-9)18-14(21)8-24-15-19-12-6-3-10(17)7-13(12)25(22,23)20-15/h1-7H,8H2,(H,18,21)(H,19,20). The smallest absolute Gasteiger partial charge is 0.286 e. The SMILES string of the molecule is O=C(CSC1=NS(=O)(=O)c2cc(Cl)ccc2N1)Nc1ccc(Cl)cc1. The predicted octanol–water partition coefficient (Wildman–Crippen LogP) is 3.84. The molecule has 10 heteroatoms. The molecule has 0 radical (unpaired) electrons. The minimum atomic E-state index is -3.85. The molecule has 0 aromatic heterocycles. The highest BCUT2D eigenvalue weighted by Gasteiger charge is 2.25. The van der Waals surface area contributed by atoms with Crippen LogP contribution in [0, 0.1) is 0 Å². The summed E-state index contributed by atoms with van der Waals surface area (Å²) >= 11 is 12.6. The molecule has 0 unspecified atom stereocenters. The van der Waals surface area contributed by atoms with Crippen LogP contribution in [0.4, 0.5) is 11.4 Å². The van der Waals surface area contributed by atoms with Crippen molar-refractivity contribution in [3.05, 3.63) is 52.5 Å². The van der Waals surface area contributed by atoms with E-state index in [1.807, 2.05) is 0 Å². The number of nitrogens with one attached hydrogen (secondary N) is 2. The Bertz CT molecular complexity index is 960. The fraction of sp³-hybridized carbons (Fsp3) is 0.0667. The molecule has 1 aliphatic heterocycles. The second-order valence-electron chi connectivity index (χ2n) is 4.98. The van der Waals surface area contributed by atoms with Gasteiger partial charge < -0.3 is 10.6 Å². The van der Waals surface area contributed by atoms with E-state index in [0.717, 1.165) is 11.8 Å². The average Bonchev–Trinajstić information content (AvgIpc) is 2.55. The highest BCUT2D eigenvalue weighted by atomic mass is 35.5. The number of nitrogens with zero attached hydrogens (tertiary/aromatic N) is 1. The van der Waals surface area contributed by atoms with Gasteiger partial charge in [-0.2, -0.15) is 8.42 Å². The van der Waals surface area contributed by atoms with Crippen molar-refractivity contribution >= 4 is 67.4 Å². The van der Waals surface area contributed by atoms with E-state index in [0.29, 0.717) is 21.4 Å². The van der Waals surface area contributed by atoms with Gasteiger partial charge in [0, 0.05) is 15.7 Å².